The number of nitrogens with one attached hydrogen (secondary N) is 2. The molecule has 2 fully saturated rings. The highest BCUT2D eigenvalue weighted by Crippen LogP contribution is 2.44. The van der Waals surface area contributed by atoms with Crippen molar-refractivity contribution in [2.24, 2.45) is 11.8 Å². The number of hydrogen-bond acceptors (Lipinski definition) is 3. The van der Waals surface area contributed by atoms with Crippen molar-refractivity contribution < 1.29 is 4.39 Å². The van der Waals surface area contributed by atoms with Crippen LogP contribution in [0.15, 0.2) is 18.9 Å². The quantitative estimate of drug-likeness (QED) is 0.743. The minimum Gasteiger partial charge on any atom is -0.385 e. The summed E-state index contributed by atoms with van der Waals surface area (Å²) in [5, 5.41) is 8.15. The first kappa shape index (κ1) is 15.3. The molecule has 2 unspecified atom stereocenters. The van der Waals surface area contributed by atoms with Crippen LogP contribution in [0.4, 0.5) is 9.39 Å². The van der Waals surface area contributed by atoms with Crippen LogP contribution in [0.25, 0.3) is 5.70 Å². The fourth-order valence-corrected chi connectivity index (χ4v) is 4.77. The highest BCUT2D eigenvalue weighted by Gasteiger charge is 2.37. The monoisotopic (exact) mass is 332 g/mol. The van der Waals surface area contributed by atoms with Gasteiger partial charge in [0.25, 0.3) is 0 Å². The molecule has 4 heteroatoms. The van der Waals surface area contributed by atoms with Crippen LogP contribution < -0.4 is 10.6 Å². The lowest BCUT2D eigenvalue weighted by molar-refractivity contribution is 0.443. The van der Waals surface area contributed by atoms with Crippen LogP contribution in [-0.4, -0.2) is 12.7 Å². The maximum absolute atomic E-state index is 13.1. The van der Waals surface area contributed by atoms with Crippen molar-refractivity contribution in [3.05, 3.63) is 34.9 Å². The molecular formula is C19H25FN2S. The second-order valence-corrected chi connectivity index (χ2v) is 8.32. The van der Waals surface area contributed by atoms with Gasteiger partial charge in [-0.15, -0.1) is 11.3 Å². The molecule has 4 rings (SSSR count). The molecule has 23 heavy (non-hydrogen) atoms. The summed E-state index contributed by atoms with van der Waals surface area (Å²) in [5.74, 6) is 0.820. The Morgan fingerprint density at radius 3 is 2.65 bits per heavy atom. The van der Waals surface area contributed by atoms with E-state index in [9.17, 15) is 4.39 Å². The average Bonchev–Trinajstić information content (AvgIpc) is 3.44. The van der Waals surface area contributed by atoms with Crippen LogP contribution in [0.2, 0.25) is 0 Å². The molecule has 1 aromatic heterocycles. The SMILES string of the molecule is C=C(NCC1CC1F)c1c(NC(=C)C2CC2)sc2c1CCCC2. The Hall–Kier alpha value is -1.29. The Morgan fingerprint density at radius 2 is 1.96 bits per heavy atom. The molecule has 0 bridgehead atoms. The van der Waals surface area contributed by atoms with E-state index in [0.717, 1.165) is 17.8 Å². The molecular weight excluding hydrogens is 307 g/mol. The summed E-state index contributed by atoms with van der Waals surface area (Å²) in [7, 11) is 0. The molecule has 124 valence electrons. The van der Waals surface area contributed by atoms with Gasteiger partial charge in [-0.3, -0.25) is 0 Å². The highest BCUT2D eigenvalue weighted by atomic mass is 32.1. The second kappa shape index (κ2) is 5.97. The third-order valence-corrected chi connectivity index (χ3v) is 6.44. The minimum absolute atomic E-state index is 0.180. The first-order valence-electron chi connectivity index (χ1n) is 8.81. The molecule has 2 atom stereocenters. The van der Waals surface area contributed by atoms with E-state index < -0.39 is 6.17 Å². The summed E-state index contributed by atoms with van der Waals surface area (Å²) < 4.78 is 13.1. The van der Waals surface area contributed by atoms with Crippen LogP contribution in [-0.2, 0) is 12.8 Å². The number of anilines is 1. The molecule has 0 spiro atoms. The molecule has 1 aromatic rings. The number of thiophene rings is 1. The van der Waals surface area contributed by atoms with Crippen LogP contribution in [0, 0.1) is 11.8 Å². The van der Waals surface area contributed by atoms with Gasteiger partial charge < -0.3 is 10.6 Å². The lowest BCUT2D eigenvalue weighted by atomic mass is 9.94. The standard InChI is InChI=1S/C19H25FN2S/c1-11(13-7-8-13)22-19-18(12(2)21-10-14-9-16(14)20)15-5-3-4-6-17(15)23-19/h13-14,16,21-22H,1-10H2. The Labute approximate surface area is 141 Å². The summed E-state index contributed by atoms with van der Waals surface area (Å²) in [6, 6.07) is 0. The zero-order valence-electron chi connectivity index (χ0n) is 13.6. The summed E-state index contributed by atoms with van der Waals surface area (Å²) >= 11 is 1.87. The number of aryl methyl sites for hydroxylation is 1. The number of fused-ring (bicyclic) bond motifs is 1. The van der Waals surface area contributed by atoms with Gasteiger partial charge in [-0.05, 0) is 56.4 Å². The van der Waals surface area contributed by atoms with Crippen molar-refractivity contribution in [1.82, 2.24) is 5.32 Å². The molecule has 0 saturated heterocycles. The van der Waals surface area contributed by atoms with Gasteiger partial charge in [-0.2, -0.15) is 0 Å². The normalized spacial score (nSPS) is 25.6. The van der Waals surface area contributed by atoms with E-state index in [0.29, 0.717) is 18.9 Å². The zero-order valence-corrected chi connectivity index (χ0v) is 14.4. The molecule has 3 aliphatic rings. The Kier molecular flexibility index (Phi) is 3.96. The van der Waals surface area contributed by atoms with Crippen molar-refractivity contribution in [3.63, 3.8) is 0 Å². The van der Waals surface area contributed by atoms with Gasteiger partial charge in [0, 0.05) is 34.3 Å². The van der Waals surface area contributed by atoms with Crippen molar-refractivity contribution in [3.8, 4) is 0 Å². The summed E-state index contributed by atoms with van der Waals surface area (Å²) in [5.41, 5.74) is 4.79. The van der Waals surface area contributed by atoms with Gasteiger partial charge in [0.1, 0.15) is 11.2 Å². The van der Waals surface area contributed by atoms with Crippen molar-refractivity contribution >= 4 is 22.0 Å². The van der Waals surface area contributed by atoms with E-state index in [4.69, 9.17) is 0 Å². The molecule has 2 N–H and O–H groups in total. The Balaban J connectivity index is 1.55. The fourth-order valence-electron chi connectivity index (χ4n) is 3.42. The van der Waals surface area contributed by atoms with E-state index >= 15 is 0 Å². The zero-order chi connectivity index (χ0) is 16.0. The van der Waals surface area contributed by atoms with Gasteiger partial charge in [-0.1, -0.05) is 13.2 Å². The second-order valence-electron chi connectivity index (χ2n) is 7.21. The predicted octanol–water partition coefficient (Wildman–Crippen LogP) is 4.88. The topological polar surface area (TPSA) is 24.1 Å². The fraction of sp³-hybridized carbons (Fsp3) is 0.579. The van der Waals surface area contributed by atoms with Gasteiger partial charge >= 0.3 is 0 Å². The molecule has 0 aromatic carbocycles. The first-order chi connectivity index (χ1) is 11.1. The van der Waals surface area contributed by atoms with Crippen molar-refractivity contribution in [2.75, 3.05) is 11.9 Å². The van der Waals surface area contributed by atoms with E-state index in [2.05, 4.69) is 23.8 Å². The largest absolute Gasteiger partial charge is 0.385 e. The maximum Gasteiger partial charge on any atom is 0.105 e. The number of alkyl halides is 1. The smallest absolute Gasteiger partial charge is 0.105 e. The third-order valence-electron chi connectivity index (χ3n) is 5.23. The molecule has 0 radical (unpaired) electrons. The van der Waals surface area contributed by atoms with Crippen LogP contribution in [0.5, 0.6) is 0 Å². The molecule has 2 nitrogen and oxygen atoms in total. The summed E-state index contributed by atoms with van der Waals surface area (Å²) in [6.07, 6.45) is 7.44. The van der Waals surface area contributed by atoms with Gasteiger partial charge in [0.05, 0.1) is 0 Å². The highest BCUT2D eigenvalue weighted by molar-refractivity contribution is 7.16. The van der Waals surface area contributed by atoms with Crippen molar-refractivity contribution in [2.45, 2.75) is 51.1 Å². The molecule has 3 aliphatic carbocycles. The number of allylic oxidation sites excluding steroid dienone is 1. The average molecular weight is 332 g/mol. The molecule has 0 aliphatic heterocycles. The summed E-state index contributed by atoms with van der Waals surface area (Å²) in [6.45, 7) is 9.17. The van der Waals surface area contributed by atoms with E-state index in [1.54, 1.807) is 0 Å². The number of hydrogen-bond donors (Lipinski definition) is 2. The van der Waals surface area contributed by atoms with Gasteiger partial charge in [-0.25, -0.2) is 4.39 Å². The number of rotatable bonds is 7. The maximum atomic E-state index is 13.1. The Bertz CT molecular complexity index is 644. The third kappa shape index (κ3) is 3.18. The van der Waals surface area contributed by atoms with Crippen LogP contribution >= 0.6 is 11.3 Å². The van der Waals surface area contributed by atoms with E-state index in [-0.39, 0.29) is 5.92 Å². The first-order valence-corrected chi connectivity index (χ1v) is 9.62. The Morgan fingerprint density at radius 1 is 1.22 bits per heavy atom. The van der Waals surface area contributed by atoms with Gasteiger partial charge in [0.15, 0.2) is 0 Å². The lowest BCUT2D eigenvalue weighted by Gasteiger charge is -2.17. The van der Waals surface area contributed by atoms with Crippen LogP contribution in [0.3, 0.4) is 0 Å². The predicted molar refractivity (Wildman–Crippen MR) is 96.5 cm³/mol. The van der Waals surface area contributed by atoms with E-state index in [1.807, 2.05) is 11.3 Å². The van der Waals surface area contributed by atoms with E-state index in [1.165, 1.54) is 53.1 Å². The number of halogens is 1. The van der Waals surface area contributed by atoms with Crippen molar-refractivity contribution in [1.29, 1.82) is 0 Å². The van der Waals surface area contributed by atoms with Crippen LogP contribution in [0.1, 0.15) is 48.1 Å². The molecule has 1 heterocycles. The van der Waals surface area contributed by atoms with Gasteiger partial charge in [0.2, 0.25) is 0 Å². The lowest BCUT2D eigenvalue weighted by Crippen LogP contribution is -2.17. The summed E-state index contributed by atoms with van der Waals surface area (Å²) in [4.78, 5) is 1.50. The molecule has 2 saturated carbocycles. The minimum atomic E-state index is -0.612. The molecule has 0 amide bonds.